The highest BCUT2D eigenvalue weighted by Crippen LogP contribution is 2.28. The topological polar surface area (TPSA) is 38.0 Å². The second-order valence-corrected chi connectivity index (χ2v) is 7.16. The summed E-state index contributed by atoms with van der Waals surface area (Å²) in [6.45, 7) is 0. The predicted octanol–water partition coefficient (Wildman–Crippen LogP) is 3.90. The molecular weight excluding hydrogens is 299 g/mol. The summed E-state index contributed by atoms with van der Waals surface area (Å²) in [6, 6.07) is 5.95. The second kappa shape index (κ2) is 7.75. The Hall–Kier alpha value is 0.0700. The van der Waals surface area contributed by atoms with Crippen molar-refractivity contribution in [2.45, 2.75) is 31.7 Å². The molecule has 2 rings (SSSR count). The van der Waals surface area contributed by atoms with E-state index in [0.717, 1.165) is 29.3 Å². The molecule has 106 valence electrons. The first-order chi connectivity index (χ1) is 9.19. The first-order valence-corrected chi connectivity index (χ1v) is 8.58. The van der Waals surface area contributed by atoms with Crippen molar-refractivity contribution in [3.05, 3.63) is 33.8 Å². The van der Waals surface area contributed by atoms with Crippen molar-refractivity contribution in [3.63, 3.8) is 0 Å². The maximum atomic E-state index is 6.22. The summed E-state index contributed by atoms with van der Waals surface area (Å²) in [5, 5.41) is 1.40. The standard InChI is InChI=1S/C14H20Cl2N2S/c15-12-2-1-11(14(16)9-12)8-13(18-17)7-10-3-5-19-6-4-10/h1-2,9-10,13,18H,3-8,17H2. The largest absolute Gasteiger partial charge is 0.271 e. The average Bonchev–Trinajstić information content (AvgIpc) is 2.42. The molecule has 1 aliphatic heterocycles. The lowest BCUT2D eigenvalue weighted by Crippen LogP contribution is -2.38. The molecule has 5 heteroatoms. The molecule has 19 heavy (non-hydrogen) atoms. The third kappa shape index (κ3) is 4.83. The van der Waals surface area contributed by atoms with E-state index in [2.05, 4.69) is 17.2 Å². The van der Waals surface area contributed by atoms with Crippen LogP contribution in [0.1, 0.15) is 24.8 Å². The van der Waals surface area contributed by atoms with Gasteiger partial charge < -0.3 is 0 Å². The van der Waals surface area contributed by atoms with Gasteiger partial charge in [-0.2, -0.15) is 11.8 Å². The van der Waals surface area contributed by atoms with Crippen LogP contribution >= 0.6 is 35.0 Å². The van der Waals surface area contributed by atoms with Gasteiger partial charge >= 0.3 is 0 Å². The Labute approximate surface area is 129 Å². The van der Waals surface area contributed by atoms with Crippen molar-refractivity contribution in [1.82, 2.24) is 5.43 Å². The molecule has 1 unspecified atom stereocenters. The smallest absolute Gasteiger partial charge is 0.0453 e. The quantitative estimate of drug-likeness (QED) is 0.638. The first-order valence-electron chi connectivity index (χ1n) is 6.67. The van der Waals surface area contributed by atoms with Crippen LogP contribution in [-0.4, -0.2) is 17.5 Å². The SMILES string of the molecule is NNC(Cc1ccc(Cl)cc1Cl)CC1CCSCC1. The average molecular weight is 319 g/mol. The Morgan fingerprint density at radius 2 is 2.05 bits per heavy atom. The van der Waals surface area contributed by atoms with E-state index in [-0.39, 0.29) is 6.04 Å². The molecule has 0 radical (unpaired) electrons. The van der Waals surface area contributed by atoms with Crippen molar-refractivity contribution in [1.29, 1.82) is 0 Å². The van der Waals surface area contributed by atoms with Crippen molar-refractivity contribution in [2.24, 2.45) is 11.8 Å². The number of hydrogen-bond donors (Lipinski definition) is 2. The van der Waals surface area contributed by atoms with E-state index < -0.39 is 0 Å². The number of hydrogen-bond acceptors (Lipinski definition) is 3. The number of nitrogens with two attached hydrogens (primary N) is 1. The number of thioether (sulfide) groups is 1. The third-order valence-electron chi connectivity index (χ3n) is 3.68. The molecule has 0 amide bonds. The van der Waals surface area contributed by atoms with Crippen LogP contribution in [0.5, 0.6) is 0 Å². The monoisotopic (exact) mass is 318 g/mol. The number of nitrogens with one attached hydrogen (secondary N) is 1. The fraction of sp³-hybridized carbons (Fsp3) is 0.571. The van der Waals surface area contributed by atoms with Gasteiger partial charge in [0.1, 0.15) is 0 Å². The van der Waals surface area contributed by atoms with Gasteiger partial charge in [-0.05, 0) is 60.8 Å². The third-order valence-corrected chi connectivity index (χ3v) is 5.31. The van der Waals surface area contributed by atoms with Crippen molar-refractivity contribution < 1.29 is 0 Å². The highest BCUT2D eigenvalue weighted by Gasteiger charge is 2.19. The van der Waals surface area contributed by atoms with Gasteiger partial charge in [0.25, 0.3) is 0 Å². The first kappa shape index (κ1) is 15.5. The lowest BCUT2D eigenvalue weighted by Gasteiger charge is -2.26. The molecule has 0 aromatic heterocycles. The van der Waals surface area contributed by atoms with Crippen LogP contribution in [0.25, 0.3) is 0 Å². The molecule has 1 saturated heterocycles. The van der Waals surface area contributed by atoms with Gasteiger partial charge in [-0.1, -0.05) is 29.3 Å². The van der Waals surface area contributed by atoms with Gasteiger partial charge in [0.2, 0.25) is 0 Å². The van der Waals surface area contributed by atoms with Gasteiger partial charge in [-0.3, -0.25) is 11.3 Å². The van der Waals surface area contributed by atoms with E-state index >= 15 is 0 Å². The molecular formula is C14H20Cl2N2S. The van der Waals surface area contributed by atoms with Gasteiger partial charge in [-0.15, -0.1) is 0 Å². The zero-order valence-corrected chi connectivity index (χ0v) is 13.2. The van der Waals surface area contributed by atoms with Crippen LogP contribution in [0, 0.1) is 5.92 Å². The fourth-order valence-corrected chi connectivity index (χ4v) is 4.24. The minimum Gasteiger partial charge on any atom is -0.271 e. The Balaban J connectivity index is 1.94. The Bertz CT molecular complexity index is 408. The van der Waals surface area contributed by atoms with Crippen LogP contribution < -0.4 is 11.3 Å². The lowest BCUT2D eigenvalue weighted by atomic mass is 9.91. The van der Waals surface area contributed by atoms with Crippen molar-refractivity contribution in [2.75, 3.05) is 11.5 Å². The van der Waals surface area contributed by atoms with Crippen LogP contribution in [0.4, 0.5) is 0 Å². The lowest BCUT2D eigenvalue weighted by molar-refractivity contribution is 0.366. The zero-order valence-electron chi connectivity index (χ0n) is 10.9. The summed E-state index contributed by atoms with van der Waals surface area (Å²) < 4.78 is 0. The molecule has 0 aliphatic carbocycles. The summed E-state index contributed by atoms with van der Waals surface area (Å²) in [5.41, 5.74) is 4.05. The van der Waals surface area contributed by atoms with Gasteiger partial charge in [0.15, 0.2) is 0 Å². The Morgan fingerprint density at radius 1 is 1.32 bits per heavy atom. The molecule has 2 nitrogen and oxygen atoms in total. The molecule has 1 aromatic rings. The molecule has 0 bridgehead atoms. The molecule has 1 aromatic carbocycles. The normalized spacial score (nSPS) is 18.5. The summed E-state index contributed by atoms with van der Waals surface area (Å²) in [5.74, 6) is 9.04. The van der Waals surface area contributed by atoms with E-state index in [1.165, 1.54) is 24.3 Å². The predicted molar refractivity (Wildman–Crippen MR) is 85.9 cm³/mol. The second-order valence-electron chi connectivity index (χ2n) is 5.09. The molecule has 1 fully saturated rings. The zero-order chi connectivity index (χ0) is 13.7. The van der Waals surface area contributed by atoms with Crippen molar-refractivity contribution >= 4 is 35.0 Å². The van der Waals surface area contributed by atoms with E-state index in [1.807, 2.05) is 12.1 Å². The molecule has 1 aliphatic rings. The summed E-state index contributed by atoms with van der Waals surface area (Å²) in [4.78, 5) is 0. The maximum Gasteiger partial charge on any atom is 0.0453 e. The van der Waals surface area contributed by atoms with E-state index in [9.17, 15) is 0 Å². The molecule has 3 N–H and O–H groups in total. The molecule has 1 heterocycles. The van der Waals surface area contributed by atoms with E-state index in [1.54, 1.807) is 6.07 Å². The van der Waals surface area contributed by atoms with Crippen LogP contribution in [0.2, 0.25) is 10.0 Å². The summed E-state index contributed by atoms with van der Waals surface area (Å²) >= 11 is 14.2. The van der Waals surface area contributed by atoms with Gasteiger partial charge in [0.05, 0.1) is 0 Å². The number of rotatable bonds is 5. The maximum absolute atomic E-state index is 6.22. The van der Waals surface area contributed by atoms with Crippen LogP contribution in [0.3, 0.4) is 0 Å². The highest BCUT2D eigenvalue weighted by molar-refractivity contribution is 7.99. The number of halogens is 2. The van der Waals surface area contributed by atoms with E-state index in [0.29, 0.717) is 5.02 Å². The number of benzene rings is 1. The van der Waals surface area contributed by atoms with E-state index in [4.69, 9.17) is 29.0 Å². The minimum absolute atomic E-state index is 0.284. The summed E-state index contributed by atoms with van der Waals surface area (Å²) in [7, 11) is 0. The Kier molecular flexibility index (Phi) is 6.30. The summed E-state index contributed by atoms with van der Waals surface area (Å²) in [6.07, 6.45) is 4.58. The molecule has 0 saturated carbocycles. The van der Waals surface area contributed by atoms with Gasteiger partial charge in [-0.25, -0.2) is 0 Å². The number of hydrazine groups is 1. The van der Waals surface area contributed by atoms with Gasteiger partial charge in [0, 0.05) is 16.1 Å². The van der Waals surface area contributed by atoms with Crippen molar-refractivity contribution in [3.8, 4) is 0 Å². The molecule has 0 spiro atoms. The fourth-order valence-electron chi connectivity index (χ4n) is 2.55. The Morgan fingerprint density at radius 3 is 2.68 bits per heavy atom. The van der Waals surface area contributed by atoms with Crippen LogP contribution in [0.15, 0.2) is 18.2 Å². The minimum atomic E-state index is 0.284. The van der Waals surface area contributed by atoms with Crippen LogP contribution in [-0.2, 0) is 6.42 Å². The molecule has 1 atom stereocenters. The highest BCUT2D eigenvalue weighted by atomic mass is 35.5.